The Hall–Kier alpha value is -0.590. The SMILES string of the molecule is CCCCC1CC(NCC2CCC2)CN(CC#N)C1. The predicted octanol–water partition coefficient (Wildman–Crippen LogP) is 2.78. The van der Waals surface area contributed by atoms with Crippen LogP contribution >= 0.6 is 0 Å². The molecule has 0 radical (unpaired) electrons. The number of rotatable bonds is 7. The monoisotopic (exact) mass is 263 g/mol. The van der Waals surface area contributed by atoms with E-state index in [1.165, 1.54) is 51.5 Å². The Bertz CT molecular complexity index is 293. The van der Waals surface area contributed by atoms with Crippen LogP contribution in [0.4, 0.5) is 0 Å². The Balaban J connectivity index is 1.77. The van der Waals surface area contributed by atoms with Gasteiger partial charge in [-0.3, -0.25) is 4.90 Å². The highest BCUT2D eigenvalue weighted by Crippen LogP contribution is 2.26. The number of piperidine rings is 1. The molecule has 2 unspecified atom stereocenters. The molecule has 1 N–H and O–H groups in total. The van der Waals surface area contributed by atoms with E-state index in [1.807, 2.05) is 0 Å². The largest absolute Gasteiger partial charge is 0.312 e. The number of hydrogen-bond acceptors (Lipinski definition) is 3. The van der Waals surface area contributed by atoms with Crippen LogP contribution in [0.5, 0.6) is 0 Å². The van der Waals surface area contributed by atoms with Crippen LogP contribution < -0.4 is 5.32 Å². The molecule has 3 heteroatoms. The van der Waals surface area contributed by atoms with Crippen molar-refractivity contribution in [2.45, 2.75) is 57.9 Å². The molecule has 2 atom stereocenters. The molecule has 1 aliphatic heterocycles. The molecular formula is C16H29N3. The Morgan fingerprint density at radius 1 is 1.26 bits per heavy atom. The first-order valence-corrected chi connectivity index (χ1v) is 8.14. The Morgan fingerprint density at radius 3 is 2.74 bits per heavy atom. The highest BCUT2D eigenvalue weighted by Gasteiger charge is 2.27. The fourth-order valence-electron chi connectivity index (χ4n) is 3.41. The van der Waals surface area contributed by atoms with Crippen molar-refractivity contribution in [3.63, 3.8) is 0 Å². The Morgan fingerprint density at radius 2 is 2.11 bits per heavy atom. The smallest absolute Gasteiger partial charge is 0.0866 e. The molecule has 3 nitrogen and oxygen atoms in total. The molecule has 2 rings (SSSR count). The summed E-state index contributed by atoms with van der Waals surface area (Å²) in [6.45, 7) is 6.27. The van der Waals surface area contributed by atoms with Crippen molar-refractivity contribution >= 4 is 0 Å². The van der Waals surface area contributed by atoms with Crippen molar-refractivity contribution in [1.29, 1.82) is 5.26 Å². The second-order valence-corrected chi connectivity index (χ2v) is 6.50. The molecule has 1 saturated carbocycles. The molecule has 0 bridgehead atoms. The first-order valence-electron chi connectivity index (χ1n) is 8.14. The lowest BCUT2D eigenvalue weighted by atomic mass is 9.84. The van der Waals surface area contributed by atoms with E-state index in [9.17, 15) is 0 Å². The van der Waals surface area contributed by atoms with Crippen LogP contribution in [0.3, 0.4) is 0 Å². The van der Waals surface area contributed by atoms with Gasteiger partial charge in [0.25, 0.3) is 0 Å². The van der Waals surface area contributed by atoms with Gasteiger partial charge in [0.2, 0.25) is 0 Å². The van der Waals surface area contributed by atoms with Gasteiger partial charge in [0.15, 0.2) is 0 Å². The van der Waals surface area contributed by atoms with Crippen LogP contribution in [0, 0.1) is 23.2 Å². The molecule has 0 spiro atoms. The first-order chi connectivity index (χ1) is 9.31. The van der Waals surface area contributed by atoms with Crippen LogP contribution in [0.1, 0.15) is 51.9 Å². The van der Waals surface area contributed by atoms with Gasteiger partial charge < -0.3 is 5.32 Å². The standard InChI is InChI=1S/C16H29N3/c1-2-3-5-15-10-16(13-19(12-15)9-8-17)18-11-14-6-4-7-14/h14-16,18H,2-7,9-13H2,1H3. The minimum absolute atomic E-state index is 0.601. The fourth-order valence-corrected chi connectivity index (χ4v) is 3.41. The fraction of sp³-hybridized carbons (Fsp3) is 0.938. The van der Waals surface area contributed by atoms with Crippen molar-refractivity contribution < 1.29 is 0 Å². The van der Waals surface area contributed by atoms with E-state index in [0.717, 1.165) is 24.9 Å². The van der Waals surface area contributed by atoms with E-state index < -0.39 is 0 Å². The van der Waals surface area contributed by atoms with Crippen molar-refractivity contribution in [3.8, 4) is 6.07 Å². The quantitative estimate of drug-likeness (QED) is 0.718. The van der Waals surface area contributed by atoms with Gasteiger partial charge in [0, 0.05) is 19.1 Å². The number of unbranched alkanes of at least 4 members (excludes halogenated alkanes) is 1. The van der Waals surface area contributed by atoms with E-state index >= 15 is 0 Å². The number of nitriles is 1. The maximum atomic E-state index is 8.92. The average Bonchev–Trinajstić information content (AvgIpc) is 2.35. The number of nitrogens with one attached hydrogen (secondary N) is 1. The first kappa shape index (κ1) is 14.8. The maximum absolute atomic E-state index is 8.92. The molecule has 19 heavy (non-hydrogen) atoms. The second kappa shape index (κ2) is 7.87. The lowest BCUT2D eigenvalue weighted by Gasteiger charge is -2.38. The Kier molecular flexibility index (Phi) is 6.13. The summed E-state index contributed by atoms with van der Waals surface area (Å²) in [6, 6.07) is 2.94. The minimum Gasteiger partial charge on any atom is -0.312 e. The molecule has 1 aliphatic carbocycles. The molecule has 2 fully saturated rings. The molecular weight excluding hydrogens is 234 g/mol. The number of nitrogens with zero attached hydrogens (tertiary/aromatic N) is 2. The van der Waals surface area contributed by atoms with E-state index in [-0.39, 0.29) is 0 Å². The van der Waals surface area contributed by atoms with Gasteiger partial charge in [0.1, 0.15) is 0 Å². The lowest BCUT2D eigenvalue weighted by Crippen LogP contribution is -2.50. The molecule has 0 aromatic rings. The molecule has 0 aromatic heterocycles. The van der Waals surface area contributed by atoms with Gasteiger partial charge in [-0.25, -0.2) is 0 Å². The third kappa shape index (κ3) is 4.78. The number of likely N-dealkylation sites (tertiary alicyclic amines) is 1. The normalized spacial score (nSPS) is 28.8. The van der Waals surface area contributed by atoms with Crippen LogP contribution in [0.15, 0.2) is 0 Å². The minimum atomic E-state index is 0.601. The van der Waals surface area contributed by atoms with E-state index in [4.69, 9.17) is 5.26 Å². The molecule has 0 amide bonds. The van der Waals surface area contributed by atoms with Crippen LogP contribution in [-0.2, 0) is 0 Å². The number of hydrogen-bond donors (Lipinski definition) is 1. The molecule has 0 aromatic carbocycles. The van der Waals surface area contributed by atoms with Gasteiger partial charge in [-0.05, 0) is 44.1 Å². The summed E-state index contributed by atoms with van der Waals surface area (Å²) in [5.74, 6) is 1.72. The zero-order chi connectivity index (χ0) is 13.5. The van der Waals surface area contributed by atoms with E-state index in [1.54, 1.807) is 0 Å². The topological polar surface area (TPSA) is 39.1 Å². The Labute approximate surface area is 118 Å². The highest BCUT2D eigenvalue weighted by atomic mass is 15.2. The molecule has 1 saturated heterocycles. The highest BCUT2D eigenvalue weighted by molar-refractivity contribution is 4.88. The van der Waals surface area contributed by atoms with Gasteiger partial charge in [-0.2, -0.15) is 5.26 Å². The summed E-state index contributed by atoms with van der Waals surface area (Å²) in [6.07, 6.45) is 9.53. The van der Waals surface area contributed by atoms with Crippen LogP contribution in [-0.4, -0.2) is 37.1 Å². The summed E-state index contributed by atoms with van der Waals surface area (Å²) in [4.78, 5) is 2.35. The summed E-state index contributed by atoms with van der Waals surface area (Å²) in [7, 11) is 0. The van der Waals surface area contributed by atoms with Gasteiger partial charge in [-0.15, -0.1) is 0 Å². The zero-order valence-corrected chi connectivity index (χ0v) is 12.4. The average molecular weight is 263 g/mol. The summed E-state index contributed by atoms with van der Waals surface area (Å²) in [5.41, 5.74) is 0. The van der Waals surface area contributed by atoms with Gasteiger partial charge in [-0.1, -0.05) is 26.2 Å². The summed E-state index contributed by atoms with van der Waals surface area (Å²) >= 11 is 0. The summed E-state index contributed by atoms with van der Waals surface area (Å²) in [5, 5.41) is 12.7. The van der Waals surface area contributed by atoms with Crippen molar-refractivity contribution in [3.05, 3.63) is 0 Å². The molecule has 108 valence electrons. The van der Waals surface area contributed by atoms with Crippen molar-refractivity contribution in [2.75, 3.05) is 26.2 Å². The van der Waals surface area contributed by atoms with Gasteiger partial charge >= 0.3 is 0 Å². The van der Waals surface area contributed by atoms with Crippen LogP contribution in [0.25, 0.3) is 0 Å². The molecule has 1 heterocycles. The summed E-state index contributed by atoms with van der Waals surface area (Å²) < 4.78 is 0. The predicted molar refractivity (Wildman–Crippen MR) is 78.8 cm³/mol. The van der Waals surface area contributed by atoms with E-state index in [2.05, 4.69) is 23.2 Å². The van der Waals surface area contributed by atoms with Crippen molar-refractivity contribution in [1.82, 2.24) is 10.2 Å². The van der Waals surface area contributed by atoms with E-state index in [0.29, 0.717) is 12.6 Å². The second-order valence-electron chi connectivity index (χ2n) is 6.50. The maximum Gasteiger partial charge on any atom is 0.0866 e. The van der Waals surface area contributed by atoms with Crippen LogP contribution in [0.2, 0.25) is 0 Å². The molecule has 2 aliphatic rings. The lowest BCUT2D eigenvalue weighted by molar-refractivity contribution is 0.141. The van der Waals surface area contributed by atoms with Gasteiger partial charge in [0.05, 0.1) is 12.6 Å². The third-order valence-electron chi connectivity index (χ3n) is 4.79. The van der Waals surface area contributed by atoms with Crippen molar-refractivity contribution in [2.24, 2.45) is 11.8 Å². The zero-order valence-electron chi connectivity index (χ0n) is 12.4. The third-order valence-corrected chi connectivity index (χ3v) is 4.79.